The average molecular weight is 629 g/mol. The normalized spacial score (nSPS) is 11.8. The molecule has 48 heavy (non-hydrogen) atoms. The number of thiazole rings is 1. The Bertz CT molecular complexity index is 2680. The molecular weight excluding hydrogens is 601 g/mol. The largest absolute Gasteiger partial charge is 0.309 e. The average Bonchev–Trinajstić information content (AvgIpc) is 3.74. The van der Waals surface area contributed by atoms with Gasteiger partial charge >= 0.3 is 0 Å². The van der Waals surface area contributed by atoms with Gasteiger partial charge in [0.15, 0.2) is 0 Å². The van der Waals surface area contributed by atoms with Gasteiger partial charge in [0.1, 0.15) is 5.01 Å². The zero-order chi connectivity index (χ0) is 31.6. The molecule has 2 heterocycles. The minimum absolute atomic E-state index is 1.05. The van der Waals surface area contributed by atoms with Crippen LogP contribution >= 0.6 is 11.3 Å². The second-order valence-corrected chi connectivity index (χ2v) is 13.4. The lowest BCUT2D eigenvalue weighted by molar-refractivity contribution is 1.18. The summed E-state index contributed by atoms with van der Waals surface area (Å²) < 4.78 is 3.60. The van der Waals surface area contributed by atoms with Crippen molar-refractivity contribution in [2.45, 2.75) is 0 Å². The molecule has 0 amide bonds. The summed E-state index contributed by atoms with van der Waals surface area (Å²) in [6, 6.07) is 61.5. The van der Waals surface area contributed by atoms with Crippen LogP contribution in [0.25, 0.3) is 92.1 Å². The summed E-state index contributed by atoms with van der Waals surface area (Å²) in [5.74, 6) is 0. The SMILES string of the molecule is c1ccc2sc(-c3ccc(-c4c5ccccc5c(-c5ccc(-n6c7ccccc7c7ccccc76)cc5)c5ccccc45)cc3)nc2c1. The van der Waals surface area contributed by atoms with Crippen molar-refractivity contribution < 1.29 is 0 Å². The summed E-state index contributed by atoms with van der Waals surface area (Å²) in [6.45, 7) is 0. The maximum atomic E-state index is 4.90. The van der Waals surface area contributed by atoms with E-state index in [9.17, 15) is 0 Å². The Hall–Kier alpha value is -6.03. The van der Waals surface area contributed by atoms with E-state index in [-0.39, 0.29) is 0 Å². The third-order valence-electron chi connectivity index (χ3n) is 9.64. The maximum Gasteiger partial charge on any atom is 0.124 e. The van der Waals surface area contributed by atoms with E-state index >= 15 is 0 Å². The number of nitrogens with zero attached hydrogens (tertiary/aromatic N) is 2. The molecule has 0 unspecified atom stereocenters. The van der Waals surface area contributed by atoms with Crippen molar-refractivity contribution in [2.24, 2.45) is 0 Å². The standard InChI is InChI=1S/C45H28N2S/c1-3-15-37-35(13-1)43(29-21-23-31(24-22-29)45-46-39-17-7-10-20-42(39)48-45)36-14-2-4-16-38(36)44(37)30-25-27-32(28-26-30)47-40-18-8-5-11-33(40)34-12-6-9-19-41(34)47/h1-28H. The summed E-state index contributed by atoms with van der Waals surface area (Å²) in [4.78, 5) is 4.90. The minimum Gasteiger partial charge on any atom is -0.309 e. The quantitative estimate of drug-likeness (QED) is 0.177. The lowest BCUT2D eigenvalue weighted by Gasteiger charge is -2.18. The molecule has 8 aromatic carbocycles. The van der Waals surface area contributed by atoms with E-state index in [1.165, 1.54) is 70.3 Å². The van der Waals surface area contributed by atoms with Crippen LogP contribution in [0.1, 0.15) is 0 Å². The van der Waals surface area contributed by atoms with Gasteiger partial charge in [-0.25, -0.2) is 4.98 Å². The first-order valence-electron chi connectivity index (χ1n) is 16.3. The van der Waals surface area contributed by atoms with Gasteiger partial charge < -0.3 is 4.57 Å². The third kappa shape index (κ3) is 4.15. The highest BCUT2D eigenvalue weighted by atomic mass is 32.1. The lowest BCUT2D eigenvalue weighted by atomic mass is 9.86. The molecule has 2 nitrogen and oxygen atoms in total. The van der Waals surface area contributed by atoms with Crippen molar-refractivity contribution in [1.82, 2.24) is 9.55 Å². The van der Waals surface area contributed by atoms with Crippen LogP contribution in [0.5, 0.6) is 0 Å². The van der Waals surface area contributed by atoms with Crippen LogP contribution < -0.4 is 0 Å². The molecule has 224 valence electrons. The van der Waals surface area contributed by atoms with Crippen LogP contribution in [0.3, 0.4) is 0 Å². The van der Waals surface area contributed by atoms with Gasteiger partial charge in [0, 0.05) is 22.0 Å². The zero-order valence-corrected chi connectivity index (χ0v) is 26.8. The molecule has 0 spiro atoms. The fourth-order valence-corrected chi connectivity index (χ4v) is 8.47. The van der Waals surface area contributed by atoms with Gasteiger partial charge in [0.05, 0.1) is 21.3 Å². The Labute approximate surface area is 281 Å². The van der Waals surface area contributed by atoms with E-state index in [2.05, 4.69) is 174 Å². The molecule has 0 aliphatic carbocycles. The molecule has 0 saturated carbocycles. The van der Waals surface area contributed by atoms with Gasteiger partial charge in [0.25, 0.3) is 0 Å². The highest BCUT2D eigenvalue weighted by Crippen LogP contribution is 2.44. The van der Waals surface area contributed by atoms with E-state index < -0.39 is 0 Å². The number of hydrogen-bond donors (Lipinski definition) is 0. The van der Waals surface area contributed by atoms with Crippen LogP contribution in [0.15, 0.2) is 170 Å². The molecule has 0 N–H and O–H groups in total. The van der Waals surface area contributed by atoms with Crippen LogP contribution in [0, 0.1) is 0 Å². The Morgan fingerprint density at radius 2 is 0.792 bits per heavy atom. The first-order chi connectivity index (χ1) is 23.8. The summed E-state index contributed by atoms with van der Waals surface area (Å²) >= 11 is 1.74. The van der Waals surface area contributed by atoms with Crippen LogP contribution in [0.2, 0.25) is 0 Å². The zero-order valence-electron chi connectivity index (χ0n) is 26.0. The van der Waals surface area contributed by atoms with Crippen molar-refractivity contribution in [2.75, 3.05) is 0 Å². The third-order valence-corrected chi connectivity index (χ3v) is 10.7. The van der Waals surface area contributed by atoms with Gasteiger partial charge in [-0.3, -0.25) is 0 Å². The molecule has 10 rings (SSSR count). The summed E-state index contributed by atoms with van der Waals surface area (Å²) in [6.07, 6.45) is 0. The molecular formula is C45H28N2S. The predicted molar refractivity (Wildman–Crippen MR) is 205 cm³/mol. The Morgan fingerprint density at radius 1 is 0.375 bits per heavy atom. The Kier molecular flexibility index (Phi) is 6.08. The molecule has 0 saturated heterocycles. The van der Waals surface area contributed by atoms with Crippen LogP contribution in [-0.4, -0.2) is 9.55 Å². The maximum absolute atomic E-state index is 4.90. The number of benzene rings is 8. The first-order valence-corrected chi connectivity index (χ1v) is 17.1. The second kappa shape index (κ2) is 10.8. The van der Waals surface area contributed by atoms with Crippen molar-refractivity contribution in [3.8, 4) is 38.5 Å². The Morgan fingerprint density at radius 3 is 1.31 bits per heavy atom. The van der Waals surface area contributed by atoms with Crippen LogP contribution in [0.4, 0.5) is 0 Å². The lowest BCUT2D eigenvalue weighted by Crippen LogP contribution is -1.94. The van der Waals surface area contributed by atoms with Gasteiger partial charge in [-0.1, -0.05) is 133 Å². The van der Waals surface area contributed by atoms with Gasteiger partial charge in [-0.05, 0) is 80.2 Å². The molecule has 0 bridgehead atoms. The van der Waals surface area contributed by atoms with E-state index in [0.29, 0.717) is 0 Å². The second-order valence-electron chi connectivity index (χ2n) is 12.3. The molecule has 0 radical (unpaired) electrons. The molecule has 0 aliphatic heterocycles. The molecule has 0 atom stereocenters. The molecule has 10 aromatic rings. The minimum atomic E-state index is 1.05. The first kappa shape index (κ1) is 27.1. The topological polar surface area (TPSA) is 17.8 Å². The van der Waals surface area contributed by atoms with Crippen molar-refractivity contribution >= 4 is 64.9 Å². The van der Waals surface area contributed by atoms with Crippen molar-refractivity contribution in [3.63, 3.8) is 0 Å². The number of para-hydroxylation sites is 3. The number of rotatable bonds is 4. The van der Waals surface area contributed by atoms with E-state index in [1.54, 1.807) is 11.3 Å². The number of aromatic nitrogens is 2. The molecule has 2 aromatic heterocycles. The predicted octanol–water partition coefficient (Wildman–Crippen LogP) is 12.7. The van der Waals surface area contributed by atoms with Crippen molar-refractivity contribution in [3.05, 3.63) is 170 Å². The monoisotopic (exact) mass is 628 g/mol. The van der Waals surface area contributed by atoms with Gasteiger partial charge in [-0.2, -0.15) is 0 Å². The van der Waals surface area contributed by atoms with E-state index in [0.717, 1.165) is 21.8 Å². The number of fused-ring (bicyclic) bond motifs is 6. The highest BCUT2D eigenvalue weighted by molar-refractivity contribution is 7.21. The van der Waals surface area contributed by atoms with Gasteiger partial charge in [0.2, 0.25) is 0 Å². The molecule has 3 heteroatoms. The van der Waals surface area contributed by atoms with E-state index in [1.807, 2.05) is 0 Å². The number of hydrogen-bond acceptors (Lipinski definition) is 2. The van der Waals surface area contributed by atoms with E-state index in [4.69, 9.17) is 4.98 Å². The summed E-state index contributed by atoms with van der Waals surface area (Å²) in [5.41, 5.74) is 10.8. The molecule has 0 fully saturated rings. The molecule has 0 aliphatic rings. The summed E-state index contributed by atoms with van der Waals surface area (Å²) in [5, 5.41) is 8.63. The fraction of sp³-hybridized carbons (Fsp3) is 0. The van der Waals surface area contributed by atoms with Crippen LogP contribution in [-0.2, 0) is 0 Å². The summed E-state index contributed by atoms with van der Waals surface area (Å²) in [7, 11) is 0. The highest BCUT2D eigenvalue weighted by Gasteiger charge is 2.18. The van der Waals surface area contributed by atoms with Crippen molar-refractivity contribution in [1.29, 1.82) is 0 Å². The van der Waals surface area contributed by atoms with Gasteiger partial charge in [-0.15, -0.1) is 11.3 Å². The Balaban J connectivity index is 1.13. The smallest absolute Gasteiger partial charge is 0.124 e. The fourth-order valence-electron chi connectivity index (χ4n) is 7.50.